The first kappa shape index (κ1) is 66.7. The Labute approximate surface area is 473 Å². The lowest BCUT2D eigenvalue weighted by Crippen LogP contribution is -2.61. The Kier molecular flexibility index (Phi) is 29.1. The average molecular weight is 1170 g/mol. The maximum Gasteiger partial charge on any atom is 0.508 e. The molecule has 2 saturated heterocycles. The molecule has 0 spiro atoms. The molecule has 0 aromatic rings. The fourth-order valence-corrected chi connectivity index (χ4v) is 8.70. The number of amides is 3. The van der Waals surface area contributed by atoms with E-state index in [1.165, 1.54) is 19.1 Å². The van der Waals surface area contributed by atoms with E-state index in [1.54, 1.807) is 11.8 Å². The molecule has 0 aromatic heterocycles. The largest absolute Gasteiger partial charge is 0.508 e. The van der Waals surface area contributed by atoms with Crippen molar-refractivity contribution in [1.29, 1.82) is 0 Å². The van der Waals surface area contributed by atoms with Gasteiger partial charge in [-0.3, -0.25) is 14.4 Å². The molecule has 31 nitrogen and oxygen atoms in total. The second-order valence-corrected chi connectivity index (χ2v) is 18.7. The molecule has 3 amide bonds. The topological polar surface area (TPSA) is 422 Å². The van der Waals surface area contributed by atoms with Crippen LogP contribution in [0.15, 0.2) is 33.7 Å². The summed E-state index contributed by atoms with van der Waals surface area (Å²) in [4.78, 5) is 112. The third-order valence-corrected chi connectivity index (χ3v) is 12.6. The average Bonchev–Trinajstić information content (AvgIpc) is 3.93. The first-order valence-electron chi connectivity index (χ1n) is 26.6. The number of nitrogens with two attached hydrogens (primary N) is 4. The van der Waals surface area contributed by atoms with E-state index in [-0.39, 0.29) is 82.4 Å². The Morgan fingerprint density at radius 3 is 1.72 bits per heavy atom. The van der Waals surface area contributed by atoms with Crippen LogP contribution in [0.1, 0.15) is 65.2 Å². The van der Waals surface area contributed by atoms with Gasteiger partial charge in [0.15, 0.2) is 42.4 Å². The molecular formula is C51H77N9O22. The number of ether oxygens (including phenoxy) is 14. The van der Waals surface area contributed by atoms with Gasteiger partial charge in [-0.25, -0.2) is 34.0 Å². The maximum absolute atomic E-state index is 13.6. The zero-order chi connectivity index (χ0) is 60.0. The number of unbranched alkanes of at least 4 members (excludes halogenated alkanes) is 4. The van der Waals surface area contributed by atoms with Crippen molar-refractivity contribution in [3.8, 4) is 12.3 Å². The van der Waals surface area contributed by atoms with Crippen LogP contribution in [-0.2, 0) is 90.3 Å². The number of cyclic esters (lactones) is 4. The number of alkyl carbamates (subject to hydrolysis) is 1. The summed E-state index contributed by atoms with van der Waals surface area (Å²) in [5.74, 6) is -2.70. The number of nitrogens with one attached hydrogen (secondary N) is 2. The lowest BCUT2D eigenvalue weighted by molar-refractivity contribution is -0.171. The Morgan fingerprint density at radius 2 is 1.20 bits per heavy atom. The minimum Gasteiger partial charge on any atom is -0.479 e. The van der Waals surface area contributed by atoms with Crippen molar-refractivity contribution in [2.45, 2.75) is 120 Å². The van der Waals surface area contributed by atoms with Gasteiger partial charge in [0.2, 0.25) is 23.3 Å². The van der Waals surface area contributed by atoms with Crippen molar-refractivity contribution in [2.75, 3.05) is 99.9 Å². The van der Waals surface area contributed by atoms with Crippen LogP contribution in [0.3, 0.4) is 0 Å². The van der Waals surface area contributed by atoms with Crippen LogP contribution < -0.4 is 33.6 Å². The smallest absolute Gasteiger partial charge is 0.479 e. The van der Waals surface area contributed by atoms with E-state index in [9.17, 15) is 38.4 Å². The number of carbonyl (C=O) groups is 8. The molecule has 4 heterocycles. The lowest BCUT2D eigenvalue weighted by Gasteiger charge is -2.39. The summed E-state index contributed by atoms with van der Waals surface area (Å²) in [6, 6.07) is -3.10. The fraction of sp³-hybridized carbons (Fsp3) is 0.686. The highest BCUT2D eigenvalue weighted by Crippen LogP contribution is 2.33. The van der Waals surface area contributed by atoms with Gasteiger partial charge < -0.3 is 105 Å². The van der Waals surface area contributed by atoms with Crippen LogP contribution in [0.2, 0.25) is 0 Å². The zero-order valence-electron chi connectivity index (χ0n) is 46.5. The van der Waals surface area contributed by atoms with Crippen LogP contribution in [0.5, 0.6) is 0 Å². The van der Waals surface area contributed by atoms with Crippen molar-refractivity contribution in [2.24, 2.45) is 38.8 Å². The number of carbonyl (C=O) groups excluding carboxylic acids is 8. The lowest BCUT2D eigenvalue weighted by atomic mass is 9.87. The van der Waals surface area contributed by atoms with Crippen molar-refractivity contribution < 1.29 is 105 Å². The number of nitrogens with zero attached hydrogens (tertiary/aromatic N) is 3. The number of hydrogen-bond acceptors (Lipinski definition) is 24. The molecule has 458 valence electrons. The minimum atomic E-state index is -1.50. The molecule has 0 aromatic carbocycles. The summed E-state index contributed by atoms with van der Waals surface area (Å²) in [6.45, 7) is 5.28. The monoisotopic (exact) mass is 1170 g/mol. The van der Waals surface area contributed by atoms with Gasteiger partial charge in [0.05, 0.1) is 85.0 Å². The van der Waals surface area contributed by atoms with Gasteiger partial charge in [-0.2, -0.15) is 0 Å². The van der Waals surface area contributed by atoms with E-state index >= 15 is 0 Å². The van der Waals surface area contributed by atoms with Crippen molar-refractivity contribution in [3.63, 3.8) is 0 Å². The second kappa shape index (κ2) is 35.8. The highest BCUT2D eigenvalue weighted by molar-refractivity contribution is 5.87. The number of aliphatic imine (C=N–C) groups is 2. The van der Waals surface area contributed by atoms with Crippen molar-refractivity contribution >= 4 is 60.0 Å². The van der Waals surface area contributed by atoms with Crippen molar-refractivity contribution in [1.82, 2.24) is 15.5 Å². The Hall–Kier alpha value is -7.82. The molecule has 2 fully saturated rings. The van der Waals surface area contributed by atoms with Crippen LogP contribution in [0, 0.1) is 18.3 Å². The molecule has 31 heteroatoms. The van der Waals surface area contributed by atoms with E-state index in [4.69, 9.17) is 95.7 Å². The van der Waals surface area contributed by atoms with E-state index in [1.807, 2.05) is 0 Å². The van der Waals surface area contributed by atoms with Gasteiger partial charge in [0, 0.05) is 38.9 Å². The van der Waals surface area contributed by atoms with E-state index < -0.39 is 109 Å². The third-order valence-electron chi connectivity index (χ3n) is 12.6. The third kappa shape index (κ3) is 23.0. The number of rotatable bonds is 36. The maximum atomic E-state index is 13.6. The van der Waals surface area contributed by atoms with E-state index in [0.717, 1.165) is 14.2 Å². The summed E-state index contributed by atoms with van der Waals surface area (Å²) < 4.78 is 75.5. The van der Waals surface area contributed by atoms with Crippen LogP contribution in [0.4, 0.5) is 14.4 Å². The standard InChI is InChI=1S/C51H77N9O22/c1-6-18-71-20-22-73-24-25-74-23-21-72-19-14-38(62)60(16-11-7-9-13-39(63)81-42(36-28-75-50(67)79-36)41-30(2)32(58-47(52)53)26-34(77-41)45(64)69-4)17-12-8-10-15-56-49(66)82-43(37-29-76-51(68)80-37)44-40(57-31(3)61)33(59-48(54)55)27-35(78-44)46(65)70-5/h1,26-27,30,32-33,36-37,40-44H,7-25,28-29H2,2-5H3,(H,56,66)(H,57,61)(H4,52,53,58)(H4,54,55,59)/t30-,32+,33+,36-,37-,40-,41-,42-,43-,44-/m1/s1. The van der Waals surface area contributed by atoms with Gasteiger partial charge in [-0.1, -0.05) is 19.3 Å². The number of esters is 3. The number of terminal acetylenes is 1. The Morgan fingerprint density at radius 1 is 0.683 bits per heavy atom. The quantitative estimate of drug-likeness (QED) is 0.0110. The minimum absolute atomic E-state index is 0.0650. The summed E-state index contributed by atoms with van der Waals surface area (Å²) in [5.41, 5.74) is 22.7. The second-order valence-electron chi connectivity index (χ2n) is 18.7. The van der Waals surface area contributed by atoms with Crippen molar-refractivity contribution in [3.05, 3.63) is 23.7 Å². The molecular weight excluding hydrogens is 1090 g/mol. The highest BCUT2D eigenvalue weighted by atomic mass is 16.8. The molecule has 10 atom stereocenters. The fourth-order valence-electron chi connectivity index (χ4n) is 8.70. The van der Waals surface area contributed by atoms with Gasteiger partial charge in [-0.15, -0.1) is 6.42 Å². The van der Waals surface area contributed by atoms with Gasteiger partial charge in [0.1, 0.15) is 25.9 Å². The molecule has 0 bridgehead atoms. The summed E-state index contributed by atoms with van der Waals surface area (Å²) >= 11 is 0. The number of methoxy groups -OCH3 is 2. The SMILES string of the molecule is C#CCOCCOCCOCCOCCC(=O)N(CCCCCNC(=O)O[C@@H]([C@@H]1OC(C(=O)OC)=C[C@H](N=C(N)N)[C@H]1NC(C)=O)[C@H]1COC(=O)O1)CCCCCC(=O)O[C@@H]([C@@H]1OC(C(=O)OC)=C[C@H](N=C(N)N)[C@H]1C)[C@H]1COC(=O)O1. The molecule has 0 radical (unpaired) electrons. The highest BCUT2D eigenvalue weighted by Gasteiger charge is 2.51. The number of hydrogen-bond donors (Lipinski definition) is 6. The van der Waals surface area contributed by atoms with Gasteiger partial charge in [-0.05, 0) is 44.3 Å². The molecule has 0 aliphatic carbocycles. The molecule has 4 aliphatic rings. The zero-order valence-corrected chi connectivity index (χ0v) is 46.5. The van der Waals surface area contributed by atoms with Crippen LogP contribution in [0.25, 0.3) is 0 Å². The van der Waals surface area contributed by atoms with E-state index in [2.05, 4.69) is 26.5 Å². The number of guanidine groups is 2. The summed E-state index contributed by atoms with van der Waals surface area (Å²) in [5, 5.41) is 5.29. The predicted octanol–water partition coefficient (Wildman–Crippen LogP) is -0.951. The van der Waals surface area contributed by atoms with E-state index in [0.29, 0.717) is 78.0 Å². The molecule has 0 unspecified atom stereocenters. The van der Waals surface area contributed by atoms with Gasteiger partial charge >= 0.3 is 36.3 Å². The van der Waals surface area contributed by atoms with Crippen LogP contribution in [-0.4, -0.2) is 220 Å². The molecule has 10 N–H and O–H groups in total. The first-order chi connectivity index (χ1) is 39.3. The normalized spacial score (nSPS) is 22.4. The summed E-state index contributed by atoms with van der Waals surface area (Å²) in [6.07, 6.45) is -0.104. The predicted molar refractivity (Wildman–Crippen MR) is 282 cm³/mol. The van der Waals surface area contributed by atoms with Gasteiger partial charge in [0.25, 0.3) is 0 Å². The molecule has 4 aliphatic heterocycles. The molecule has 82 heavy (non-hydrogen) atoms. The first-order valence-corrected chi connectivity index (χ1v) is 26.6. The summed E-state index contributed by atoms with van der Waals surface area (Å²) in [7, 11) is 2.25. The molecule has 4 rings (SSSR count). The molecule has 0 saturated carbocycles. The Bertz CT molecular complexity index is 2300. The van der Waals surface area contributed by atoms with Crippen LogP contribution >= 0.6 is 0 Å². The Balaban J connectivity index is 1.33.